The van der Waals surface area contributed by atoms with Crippen molar-refractivity contribution in [3.63, 3.8) is 0 Å². The van der Waals surface area contributed by atoms with Gasteiger partial charge in [-0.3, -0.25) is 9.36 Å². The standard InChI is InChI=1S/C16H20N4O3S/c1-12(13-5-3-2-4-6-13)20-15(22)17-18-16(20)24-11-14(21)19-7-9-23-10-8-19/h2-6,12H,7-11H2,1H3,(H,17,22)/t12-/m0/s1. The summed E-state index contributed by atoms with van der Waals surface area (Å²) in [7, 11) is 0. The van der Waals surface area contributed by atoms with Crippen molar-refractivity contribution in [3.05, 3.63) is 46.4 Å². The molecule has 1 fully saturated rings. The summed E-state index contributed by atoms with van der Waals surface area (Å²) in [4.78, 5) is 26.2. The molecule has 1 aromatic carbocycles. The molecule has 7 nitrogen and oxygen atoms in total. The van der Waals surface area contributed by atoms with Gasteiger partial charge in [0.25, 0.3) is 0 Å². The van der Waals surface area contributed by atoms with Crippen LogP contribution in [0.5, 0.6) is 0 Å². The number of ether oxygens (including phenoxy) is 1. The van der Waals surface area contributed by atoms with Crippen LogP contribution in [0, 0.1) is 0 Å². The molecule has 0 spiro atoms. The summed E-state index contributed by atoms with van der Waals surface area (Å²) in [5.41, 5.74) is 0.745. The molecular formula is C16H20N4O3S. The minimum absolute atomic E-state index is 0.0395. The molecule has 1 N–H and O–H groups in total. The van der Waals surface area contributed by atoms with Crippen LogP contribution in [0.2, 0.25) is 0 Å². The van der Waals surface area contributed by atoms with Gasteiger partial charge in [-0.25, -0.2) is 9.89 Å². The predicted octanol–water partition coefficient (Wildman–Crippen LogP) is 1.13. The van der Waals surface area contributed by atoms with Gasteiger partial charge in [0.05, 0.1) is 25.0 Å². The SMILES string of the molecule is C[C@@H](c1ccccc1)n1c(SCC(=O)N2CCOCC2)n[nH]c1=O. The second-order valence-corrected chi connectivity index (χ2v) is 6.49. The first-order chi connectivity index (χ1) is 11.7. The van der Waals surface area contributed by atoms with E-state index in [4.69, 9.17) is 4.74 Å². The number of morpholine rings is 1. The number of nitrogens with zero attached hydrogens (tertiary/aromatic N) is 3. The van der Waals surface area contributed by atoms with E-state index in [1.54, 1.807) is 9.47 Å². The summed E-state index contributed by atoms with van der Waals surface area (Å²) >= 11 is 1.28. The first kappa shape index (κ1) is 16.8. The van der Waals surface area contributed by atoms with Crippen molar-refractivity contribution >= 4 is 17.7 Å². The second-order valence-electron chi connectivity index (χ2n) is 5.55. The van der Waals surface area contributed by atoms with Crippen LogP contribution in [0.4, 0.5) is 0 Å². The average molecular weight is 348 g/mol. The lowest BCUT2D eigenvalue weighted by molar-refractivity contribution is -0.132. The van der Waals surface area contributed by atoms with Crippen molar-refractivity contribution in [3.8, 4) is 0 Å². The highest BCUT2D eigenvalue weighted by atomic mass is 32.2. The Hall–Kier alpha value is -2.06. The summed E-state index contributed by atoms with van der Waals surface area (Å²) in [6.45, 7) is 4.34. The molecule has 1 aromatic heterocycles. The lowest BCUT2D eigenvalue weighted by atomic mass is 10.1. The highest BCUT2D eigenvalue weighted by molar-refractivity contribution is 7.99. The predicted molar refractivity (Wildman–Crippen MR) is 91.2 cm³/mol. The molecule has 1 amide bonds. The van der Waals surface area contributed by atoms with Crippen molar-refractivity contribution < 1.29 is 9.53 Å². The molecule has 0 aliphatic carbocycles. The van der Waals surface area contributed by atoms with Crippen LogP contribution >= 0.6 is 11.8 Å². The Labute approximate surface area is 144 Å². The first-order valence-corrected chi connectivity index (χ1v) is 8.85. The Morgan fingerprint density at radius 1 is 1.33 bits per heavy atom. The molecule has 128 valence electrons. The number of H-pyrrole nitrogens is 1. The Bertz CT molecular complexity index is 737. The monoisotopic (exact) mass is 348 g/mol. The number of amides is 1. The fourth-order valence-corrected chi connectivity index (χ4v) is 3.57. The third-order valence-electron chi connectivity index (χ3n) is 4.03. The summed E-state index contributed by atoms with van der Waals surface area (Å²) in [6, 6.07) is 9.59. The van der Waals surface area contributed by atoms with Gasteiger partial charge in [0.2, 0.25) is 5.91 Å². The molecular weight excluding hydrogens is 328 g/mol. The molecule has 1 aliphatic heterocycles. The molecule has 0 bridgehead atoms. The number of thioether (sulfide) groups is 1. The van der Waals surface area contributed by atoms with Gasteiger partial charge >= 0.3 is 5.69 Å². The van der Waals surface area contributed by atoms with Gasteiger partial charge in [-0.1, -0.05) is 42.1 Å². The number of hydrogen-bond acceptors (Lipinski definition) is 5. The van der Waals surface area contributed by atoms with E-state index in [0.29, 0.717) is 31.5 Å². The van der Waals surface area contributed by atoms with Gasteiger partial charge in [-0.2, -0.15) is 0 Å². The minimum Gasteiger partial charge on any atom is -0.378 e. The molecule has 1 aliphatic rings. The Balaban J connectivity index is 1.71. The molecule has 24 heavy (non-hydrogen) atoms. The molecule has 3 rings (SSSR count). The molecule has 0 unspecified atom stereocenters. The molecule has 2 aromatic rings. The van der Waals surface area contributed by atoms with E-state index in [-0.39, 0.29) is 23.4 Å². The van der Waals surface area contributed by atoms with Crippen LogP contribution in [0.1, 0.15) is 18.5 Å². The van der Waals surface area contributed by atoms with Crippen LogP contribution in [0.15, 0.2) is 40.3 Å². The second kappa shape index (κ2) is 7.67. The molecule has 1 saturated heterocycles. The van der Waals surface area contributed by atoms with Crippen LogP contribution in [-0.2, 0) is 9.53 Å². The van der Waals surface area contributed by atoms with Gasteiger partial charge in [-0.05, 0) is 12.5 Å². The van der Waals surface area contributed by atoms with Gasteiger partial charge in [0, 0.05) is 13.1 Å². The maximum atomic E-state index is 12.3. The fraction of sp³-hybridized carbons (Fsp3) is 0.438. The zero-order chi connectivity index (χ0) is 16.9. The van der Waals surface area contributed by atoms with Crippen molar-refractivity contribution in [1.29, 1.82) is 0 Å². The number of nitrogens with one attached hydrogen (secondary N) is 1. The van der Waals surface area contributed by atoms with Crippen LogP contribution in [0.25, 0.3) is 0 Å². The zero-order valence-corrected chi connectivity index (χ0v) is 14.3. The number of aromatic amines is 1. The topological polar surface area (TPSA) is 80.2 Å². The van der Waals surface area contributed by atoms with Gasteiger partial charge in [0.1, 0.15) is 0 Å². The number of benzene rings is 1. The Kier molecular flexibility index (Phi) is 5.37. The van der Waals surface area contributed by atoms with Crippen molar-refractivity contribution in [1.82, 2.24) is 19.7 Å². The Morgan fingerprint density at radius 2 is 2.04 bits per heavy atom. The van der Waals surface area contributed by atoms with Crippen molar-refractivity contribution in [2.45, 2.75) is 18.1 Å². The maximum absolute atomic E-state index is 12.3. The zero-order valence-electron chi connectivity index (χ0n) is 13.5. The maximum Gasteiger partial charge on any atom is 0.344 e. The van der Waals surface area contributed by atoms with E-state index in [1.165, 1.54) is 11.8 Å². The van der Waals surface area contributed by atoms with Crippen molar-refractivity contribution in [2.75, 3.05) is 32.1 Å². The number of aromatic nitrogens is 3. The number of carbonyl (C=O) groups is 1. The van der Waals surface area contributed by atoms with E-state index in [2.05, 4.69) is 10.2 Å². The minimum atomic E-state index is -0.271. The third-order valence-corrected chi connectivity index (χ3v) is 4.97. The molecule has 2 heterocycles. The molecule has 8 heteroatoms. The van der Waals surface area contributed by atoms with E-state index in [0.717, 1.165) is 5.56 Å². The quantitative estimate of drug-likeness (QED) is 0.820. The van der Waals surface area contributed by atoms with E-state index in [9.17, 15) is 9.59 Å². The summed E-state index contributed by atoms with van der Waals surface area (Å²) in [5, 5.41) is 7.08. The first-order valence-electron chi connectivity index (χ1n) is 7.87. The van der Waals surface area contributed by atoms with Crippen molar-refractivity contribution in [2.24, 2.45) is 0 Å². The molecule has 0 radical (unpaired) electrons. The van der Waals surface area contributed by atoms with E-state index in [1.807, 2.05) is 37.3 Å². The number of carbonyl (C=O) groups excluding carboxylic acids is 1. The molecule has 1 atom stereocenters. The fourth-order valence-electron chi connectivity index (χ4n) is 2.64. The van der Waals surface area contributed by atoms with E-state index >= 15 is 0 Å². The van der Waals surface area contributed by atoms with Gasteiger partial charge < -0.3 is 9.64 Å². The van der Waals surface area contributed by atoms with Gasteiger partial charge in [0.15, 0.2) is 5.16 Å². The normalized spacial score (nSPS) is 16.1. The third kappa shape index (κ3) is 3.70. The van der Waals surface area contributed by atoms with Crippen LogP contribution in [-0.4, -0.2) is 57.6 Å². The smallest absolute Gasteiger partial charge is 0.344 e. The van der Waals surface area contributed by atoms with Gasteiger partial charge in [-0.15, -0.1) is 5.10 Å². The summed E-state index contributed by atoms with van der Waals surface area (Å²) in [6.07, 6.45) is 0. The highest BCUT2D eigenvalue weighted by Crippen LogP contribution is 2.22. The number of hydrogen-bond donors (Lipinski definition) is 1. The lowest BCUT2D eigenvalue weighted by Gasteiger charge is -2.26. The summed E-state index contributed by atoms with van der Waals surface area (Å²) < 4.78 is 6.84. The Morgan fingerprint density at radius 3 is 2.75 bits per heavy atom. The molecule has 0 saturated carbocycles. The highest BCUT2D eigenvalue weighted by Gasteiger charge is 2.20. The van der Waals surface area contributed by atoms with Crippen LogP contribution in [0.3, 0.4) is 0 Å². The largest absolute Gasteiger partial charge is 0.378 e. The summed E-state index contributed by atoms with van der Waals surface area (Å²) in [5.74, 6) is 0.295. The number of rotatable bonds is 5. The van der Waals surface area contributed by atoms with E-state index < -0.39 is 0 Å². The lowest BCUT2D eigenvalue weighted by Crippen LogP contribution is -2.41. The van der Waals surface area contributed by atoms with Crippen LogP contribution < -0.4 is 5.69 Å². The average Bonchev–Trinajstić information content (AvgIpc) is 3.01.